The lowest BCUT2D eigenvalue weighted by molar-refractivity contribution is 0.544. The van der Waals surface area contributed by atoms with Gasteiger partial charge in [0.15, 0.2) is 0 Å². The van der Waals surface area contributed by atoms with E-state index in [-0.39, 0.29) is 0 Å². The maximum atomic E-state index is 4.09. The highest BCUT2D eigenvalue weighted by molar-refractivity contribution is 5.30. The van der Waals surface area contributed by atoms with Gasteiger partial charge in [-0.2, -0.15) is 0 Å². The van der Waals surface area contributed by atoms with Crippen molar-refractivity contribution in [2.24, 2.45) is 0 Å². The van der Waals surface area contributed by atoms with Crippen molar-refractivity contribution in [3.8, 4) is 0 Å². The molecule has 0 spiro atoms. The fraction of sp³-hybridized carbons (Fsp3) is 0.292. The van der Waals surface area contributed by atoms with Gasteiger partial charge in [-0.1, -0.05) is 68.4 Å². The van der Waals surface area contributed by atoms with E-state index < -0.39 is 0 Å². The van der Waals surface area contributed by atoms with Gasteiger partial charge in [-0.25, -0.2) is 0 Å². The predicted molar refractivity (Wildman–Crippen MR) is 106 cm³/mol. The number of nitrogens with zero attached hydrogens (tertiary/aromatic N) is 1. The zero-order valence-corrected chi connectivity index (χ0v) is 15.2. The molecule has 0 aliphatic rings. The molecule has 3 rings (SSSR count). The fourth-order valence-corrected chi connectivity index (χ4v) is 3.53. The molecule has 0 aliphatic carbocycles. The van der Waals surface area contributed by atoms with Crippen molar-refractivity contribution in [3.05, 3.63) is 101 Å². The summed E-state index contributed by atoms with van der Waals surface area (Å²) in [5.74, 6) is 1.20. The van der Waals surface area contributed by atoms with Crippen LogP contribution in [0.3, 0.4) is 0 Å². The van der Waals surface area contributed by atoms with Crippen LogP contribution in [0, 0.1) is 0 Å². The van der Waals surface area contributed by atoms with Crippen molar-refractivity contribution >= 4 is 0 Å². The summed E-state index contributed by atoms with van der Waals surface area (Å²) >= 11 is 0. The molecular weight excluding hydrogens is 302 g/mol. The second kappa shape index (κ2) is 8.62. The normalized spacial score (nSPS) is 13.4. The van der Waals surface area contributed by atoms with Crippen LogP contribution in [0.25, 0.3) is 0 Å². The SMILES string of the molecule is CCC(CC(C)c1ccccc1)c1ccc(Cc2ccncc2)cc1. The standard InChI is InChI=1S/C24H27N/c1-3-22(17-19(2)23-7-5-4-6-8-23)24-11-9-20(10-12-24)18-21-13-15-25-16-14-21/h4-16,19,22H,3,17-18H2,1-2H3. The van der Waals surface area contributed by atoms with Crippen LogP contribution in [0.4, 0.5) is 0 Å². The summed E-state index contributed by atoms with van der Waals surface area (Å²) in [6, 6.07) is 24.2. The van der Waals surface area contributed by atoms with Crippen LogP contribution in [0.2, 0.25) is 0 Å². The van der Waals surface area contributed by atoms with Crippen LogP contribution in [-0.4, -0.2) is 4.98 Å². The molecule has 128 valence electrons. The molecule has 3 aromatic rings. The van der Waals surface area contributed by atoms with Crippen LogP contribution in [0.15, 0.2) is 79.1 Å². The van der Waals surface area contributed by atoms with Crippen LogP contribution < -0.4 is 0 Å². The minimum Gasteiger partial charge on any atom is -0.265 e. The lowest BCUT2D eigenvalue weighted by Gasteiger charge is -2.21. The van der Waals surface area contributed by atoms with E-state index in [0.717, 1.165) is 6.42 Å². The van der Waals surface area contributed by atoms with Gasteiger partial charge in [0.2, 0.25) is 0 Å². The number of benzene rings is 2. The average molecular weight is 329 g/mol. The molecule has 2 unspecified atom stereocenters. The molecule has 0 fully saturated rings. The molecule has 0 radical (unpaired) electrons. The van der Waals surface area contributed by atoms with Crippen LogP contribution in [0.1, 0.15) is 60.8 Å². The van der Waals surface area contributed by atoms with Crippen LogP contribution in [0.5, 0.6) is 0 Å². The predicted octanol–water partition coefficient (Wildman–Crippen LogP) is 6.36. The van der Waals surface area contributed by atoms with Gasteiger partial charge in [0.25, 0.3) is 0 Å². The topological polar surface area (TPSA) is 12.9 Å². The first-order chi connectivity index (χ1) is 12.3. The highest BCUT2D eigenvalue weighted by atomic mass is 14.6. The van der Waals surface area contributed by atoms with Crippen molar-refractivity contribution in [2.45, 2.75) is 44.9 Å². The van der Waals surface area contributed by atoms with E-state index in [4.69, 9.17) is 0 Å². The van der Waals surface area contributed by atoms with E-state index in [1.165, 1.54) is 35.1 Å². The van der Waals surface area contributed by atoms with Gasteiger partial charge >= 0.3 is 0 Å². The van der Waals surface area contributed by atoms with E-state index in [0.29, 0.717) is 11.8 Å². The molecule has 1 heterocycles. The molecule has 0 amide bonds. The van der Waals surface area contributed by atoms with Crippen LogP contribution >= 0.6 is 0 Å². The average Bonchev–Trinajstić information content (AvgIpc) is 2.68. The first kappa shape index (κ1) is 17.4. The minimum absolute atomic E-state index is 0.586. The molecule has 0 bridgehead atoms. The number of hydrogen-bond acceptors (Lipinski definition) is 1. The molecule has 1 aromatic heterocycles. The largest absolute Gasteiger partial charge is 0.265 e. The molecule has 1 nitrogen and oxygen atoms in total. The monoisotopic (exact) mass is 329 g/mol. The number of pyridine rings is 1. The Labute approximate surface area is 151 Å². The molecule has 25 heavy (non-hydrogen) atoms. The van der Waals surface area contributed by atoms with E-state index in [1.54, 1.807) is 0 Å². The second-order valence-corrected chi connectivity index (χ2v) is 6.93. The summed E-state index contributed by atoms with van der Waals surface area (Å²) < 4.78 is 0. The number of hydrogen-bond donors (Lipinski definition) is 0. The number of rotatable bonds is 7. The molecule has 0 N–H and O–H groups in total. The highest BCUT2D eigenvalue weighted by Gasteiger charge is 2.15. The van der Waals surface area contributed by atoms with Gasteiger partial charge in [-0.15, -0.1) is 0 Å². The van der Waals surface area contributed by atoms with Gasteiger partial charge in [-0.05, 0) is 65.5 Å². The summed E-state index contributed by atoms with van der Waals surface area (Å²) in [6.45, 7) is 4.64. The van der Waals surface area contributed by atoms with Crippen molar-refractivity contribution < 1.29 is 0 Å². The van der Waals surface area contributed by atoms with Gasteiger partial charge in [0.05, 0.1) is 0 Å². The Morgan fingerprint density at radius 1 is 0.760 bits per heavy atom. The molecule has 2 atom stereocenters. The molecule has 2 aromatic carbocycles. The third-order valence-electron chi connectivity index (χ3n) is 5.11. The Morgan fingerprint density at radius 3 is 2.04 bits per heavy atom. The second-order valence-electron chi connectivity index (χ2n) is 6.93. The molecule has 0 aliphatic heterocycles. The Bertz CT molecular complexity index is 747. The van der Waals surface area contributed by atoms with E-state index in [9.17, 15) is 0 Å². The minimum atomic E-state index is 0.586. The van der Waals surface area contributed by atoms with E-state index in [1.807, 2.05) is 12.4 Å². The summed E-state index contributed by atoms with van der Waals surface area (Å²) in [4.78, 5) is 4.09. The summed E-state index contributed by atoms with van der Waals surface area (Å²) in [7, 11) is 0. The molecule has 0 saturated heterocycles. The molecular formula is C24H27N. The summed E-state index contributed by atoms with van der Waals surface area (Å²) in [5.41, 5.74) is 5.58. The highest BCUT2D eigenvalue weighted by Crippen LogP contribution is 2.32. The third kappa shape index (κ3) is 4.79. The lowest BCUT2D eigenvalue weighted by atomic mass is 9.84. The van der Waals surface area contributed by atoms with E-state index in [2.05, 4.69) is 85.6 Å². The smallest absolute Gasteiger partial charge is 0.0270 e. The third-order valence-corrected chi connectivity index (χ3v) is 5.11. The Morgan fingerprint density at radius 2 is 1.40 bits per heavy atom. The van der Waals surface area contributed by atoms with Crippen molar-refractivity contribution in [2.75, 3.05) is 0 Å². The van der Waals surface area contributed by atoms with Crippen molar-refractivity contribution in [3.63, 3.8) is 0 Å². The zero-order valence-electron chi connectivity index (χ0n) is 15.2. The van der Waals surface area contributed by atoms with Gasteiger partial charge in [0.1, 0.15) is 0 Å². The first-order valence-electron chi connectivity index (χ1n) is 9.29. The maximum absolute atomic E-state index is 4.09. The van der Waals surface area contributed by atoms with Gasteiger partial charge in [-0.3, -0.25) is 4.98 Å². The summed E-state index contributed by atoms with van der Waals surface area (Å²) in [5, 5.41) is 0. The van der Waals surface area contributed by atoms with Crippen LogP contribution in [-0.2, 0) is 6.42 Å². The Balaban J connectivity index is 1.67. The van der Waals surface area contributed by atoms with E-state index >= 15 is 0 Å². The quantitative estimate of drug-likeness (QED) is 0.491. The lowest BCUT2D eigenvalue weighted by Crippen LogP contribution is -2.04. The van der Waals surface area contributed by atoms with Crippen molar-refractivity contribution in [1.82, 2.24) is 4.98 Å². The Kier molecular flexibility index (Phi) is 6.00. The Hall–Kier alpha value is -2.41. The molecule has 0 saturated carbocycles. The molecule has 1 heteroatoms. The number of aromatic nitrogens is 1. The van der Waals surface area contributed by atoms with Crippen molar-refractivity contribution in [1.29, 1.82) is 0 Å². The first-order valence-corrected chi connectivity index (χ1v) is 9.29. The van der Waals surface area contributed by atoms with Gasteiger partial charge < -0.3 is 0 Å². The zero-order chi connectivity index (χ0) is 17.5. The summed E-state index contributed by atoms with van der Waals surface area (Å²) in [6.07, 6.45) is 7.08. The van der Waals surface area contributed by atoms with Gasteiger partial charge in [0, 0.05) is 12.4 Å². The maximum Gasteiger partial charge on any atom is 0.0270 e. The fourth-order valence-electron chi connectivity index (χ4n) is 3.53.